The molecule has 0 saturated heterocycles. The summed E-state index contributed by atoms with van der Waals surface area (Å²) < 4.78 is 0. The predicted octanol–water partition coefficient (Wildman–Crippen LogP) is 6.61. The van der Waals surface area contributed by atoms with Crippen LogP contribution in [0.1, 0.15) is 0 Å². The fourth-order valence-electron chi connectivity index (χ4n) is 2.38. The molecule has 0 bridgehead atoms. The number of para-hydroxylation sites is 4. The fourth-order valence-corrected chi connectivity index (χ4v) is 3.18. The van der Waals surface area contributed by atoms with E-state index in [0.717, 1.165) is 22.7 Å². The van der Waals surface area contributed by atoms with Gasteiger partial charge in [-0.3, -0.25) is 0 Å². The van der Waals surface area contributed by atoms with Gasteiger partial charge in [0.15, 0.2) is 10.2 Å². The van der Waals surface area contributed by atoms with Crippen LogP contribution in [0.3, 0.4) is 0 Å². The van der Waals surface area contributed by atoms with E-state index in [-0.39, 0.29) is 0 Å². The first-order chi connectivity index (χ1) is 13.5. The molecule has 0 aliphatic carbocycles. The van der Waals surface area contributed by atoms with Crippen LogP contribution in [0.15, 0.2) is 72.8 Å². The summed E-state index contributed by atoms with van der Waals surface area (Å²) in [7, 11) is 0. The first-order valence-electron chi connectivity index (χ1n) is 8.27. The Morgan fingerprint density at radius 2 is 0.786 bits per heavy atom. The van der Waals surface area contributed by atoms with Crippen molar-refractivity contribution in [2.45, 2.75) is 0 Å². The van der Waals surface area contributed by atoms with Crippen molar-refractivity contribution in [2.75, 3.05) is 21.3 Å². The largest absolute Gasteiger partial charge is 0.331 e. The molecule has 3 aromatic rings. The van der Waals surface area contributed by atoms with Gasteiger partial charge in [-0.05, 0) is 60.8 Å². The highest BCUT2D eigenvalue weighted by atomic mass is 35.5. The van der Waals surface area contributed by atoms with Gasteiger partial charge < -0.3 is 21.3 Å². The van der Waals surface area contributed by atoms with Gasteiger partial charge in [0.25, 0.3) is 0 Å². The maximum Gasteiger partial charge on any atom is 0.175 e. The van der Waals surface area contributed by atoms with Crippen molar-refractivity contribution in [2.24, 2.45) is 0 Å². The minimum absolute atomic E-state index is 0.410. The number of hydrogen-bond acceptors (Lipinski definition) is 2. The maximum absolute atomic E-state index is 6.16. The van der Waals surface area contributed by atoms with Crippen molar-refractivity contribution < 1.29 is 0 Å². The normalized spacial score (nSPS) is 10.1. The van der Waals surface area contributed by atoms with E-state index in [1.54, 1.807) is 12.1 Å². The number of nitrogens with one attached hydrogen (secondary N) is 4. The molecule has 28 heavy (non-hydrogen) atoms. The van der Waals surface area contributed by atoms with Crippen LogP contribution in [0, 0.1) is 0 Å². The van der Waals surface area contributed by atoms with E-state index in [1.807, 2.05) is 60.7 Å². The van der Waals surface area contributed by atoms with Crippen LogP contribution < -0.4 is 21.3 Å². The second-order valence-corrected chi connectivity index (χ2v) is 7.29. The van der Waals surface area contributed by atoms with Crippen molar-refractivity contribution in [1.82, 2.24) is 0 Å². The lowest BCUT2D eigenvalue weighted by atomic mass is 10.2. The Bertz CT molecular complexity index is 930. The van der Waals surface area contributed by atoms with Crippen molar-refractivity contribution in [3.8, 4) is 0 Å². The molecule has 0 aliphatic heterocycles. The number of rotatable bonds is 4. The Hall–Kier alpha value is -2.38. The smallest absolute Gasteiger partial charge is 0.175 e. The van der Waals surface area contributed by atoms with E-state index in [0.29, 0.717) is 20.3 Å². The SMILES string of the molecule is S=C(Nc1ccccc1Cl)Nc1ccccc1NC(=S)Nc1ccccc1Cl. The quantitative estimate of drug-likeness (QED) is 0.338. The van der Waals surface area contributed by atoms with Crippen molar-refractivity contribution >= 4 is 80.6 Å². The Labute approximate surface area is 184 Å². The molecule has 0 unspecified atom stereocenters. The van der Waals surface area contributed by atoms with Crippen molar-refractivity contribution in [3.63, 3.8) is 0 Å². The molecule has 4 N–H and O–H groups in total. The Balaban J connectivity index is 1.67. The van der Waals surface area contributed by atoms with Crippen LogP contribution in [0.4, 0.5) is 22.7 Å². The van der Waals surface area contributed by atoms with Gasteiger partial charge in [-0.15, -0.1) is 0 Å². The lowest BCUT2D eigenvalue weighted by Gasteiger charge is -2.17. The van der Waals surface area contributed by atoms with E-state index in [2.05, 4.69) is 21.3 Å². The number of thiocarbonyl (C=S) groups is 2. The third-order valence-electron chi connectivity index (χ3n) is 3.67. The topological polar surface area (TPSA) is 48.1 Å². The standard InChI is InChI=1S/C20H16Cl2N4S2/c21-13-7-1-3-9-15(13)23-19(27)25-17-11-5-6-12-18(17)26-20(28)24-16-10-4-2-8-14(16)22/h1-12H,(H2,23,25,27)(H2,24,26,28). The van der Waals surface area contributed by atoms with Crippen LogP contribution in [-0.4, -0.2) is 10.2 Å². The van der Waals surface area contributed by atoms with Gasteiger partial charge in [-0.1, -0.05) is 59.6 Å². The molecule has 8 heteroatoms. The number of hydrogen-bond donors (Lipinski definition) is 4. The summed E-state index contributed by atoms with van der Waals surface area (Å²) in [5, 5.41) is 14.5. The van der Waals surface area contributed by atoms with Gasteiger partial charge in [-0.25, -0.2) is 0 Å². The highest BCUT2D eigenvalue weighted by Crippen LogP contribution is 2.25. The van der Waals surface area contributed by atoms with Crippen LogP contribution in [0.2, 0.25) is 10.0 Å². The average molecular weight is 447 g/mol. The molecular weight excluding hydrogens is 431 g/mol. The molecule has 4 nitrogen and oxygen atoms in total. The second kappa shape index (κ2) is 9.71. The predicted molar refractivity (Wildman–Crippen MR) is 129 cm³/mol. The molecule has 0 spiro atoms. The molecule has 0 radical (unpaired) electrons. The molecule has 3 aromatic carbocycles. The second-order valence-electron chi connectivity index (χ2n) is 5.66. The van der Waals surface area contributed by atoms with E-state index < -0.39 is 0 Å². The summed E-state index contributed by atoms with van der Waals surface area (Å²) in [6, 6.07) is 22.3. The van der Waals surface area contributed by atoms with Gasteiger partial charge in [0.2, 0.25) is 0 Å². The summed E-state index contributed by atoms with van der Waals surface area (Å²) in [5.41, 5.74) is 2.97. The molecule has 0 amide bonds. The van der Waals surface area contributed by atoms with Gasteiger partial charge in [0.1, 0.15) is 0 Å². The third-order valence-corrected chi connectivity index (χ3v) is 4.74. The summed E-state index contributed by atoms with van der Waals surface area (Å²) in [5.74, 6) is 0. The molecule has 142 valence electrons. The molecular formula is C20H16Cl2N4S2. The molecule has 0 aromatic heterocycles. The van der Waals surface area contributed by atoms with E-state index in [4.69, 9.17) is 47.6 Å². The maximum atomic E-state index is 6.16. The van der Waals surface area contributed by atoms with Crippen molar-refractivity contribution in [1.29, 1.82) is 0 Å². The summed E-state index contributed by atoms with van der Waals surface area (Å²) >= 11 is 23.1. The zero-order valence-corrected chi connectivity index (χ0v) is 17.6. The van der Waals surface area contributed by atoms with E-state index in [1.165, 1.54) is 0 Å². The number of benzene rings is 3. The van der Waals surface area contributed by atoms with Crippen LogP contribution in [-0.2, 0) is 0 Å². The molecule has 0 fully saturated rings. The van der Waals surface area contributed by atoms with Crippen molar-refractivity contribution in [3.05, 3.63) is 82.8 Å². The molecule has 0 aliphatic rings. The van der Waals surface area contributed by atoms with E-state index >= 15 is 0 Å². The Morgan fingerprint density at radius 1 is 0.500 bits per heavy atom. The van der Waals surface area contributed by atoms with Gasteiger partial charge in [0.05, 0.1) is 32.8 Å². The fraction of sp³-hybridized carbons (Fsp3) is 0. The monoisotopic (exact) mass is 446 g/mol. The molecule has 0 saturated carbocycles. The van der Waals surface area contributed by atoms with E-state index in [9.17, 15) is 0 Å². The lowest BCUT2D eigenvalue weighted by Crippen LogP contribution is -2.23. The lowest BCUT2D eigenvalue weighted by molar-refractivity contribution is 1.56. The zero-order chi connectivity index (χ0) is 19.9. The summed E-state index contributed by atoms with van der Waals surface area (Å²) in [4.78, 5) is 0. The molecule has 3 rings (SSSR count). The van der Waals surface area contributed by atoms with Crippen LogP contribution in [0.5, 0.6) is 0 Å². The molecule has 0 heterocycles. The third kappa shape index (κ3) is 5.56. The minimum atomic E-state index is 0.410. The van der Waals surface area contributed by atoms with Crippen LogP contribution in [0.25, 0.3) is 0 Å². The van der Waals surface area contributed by atoms with Gasteiger partial charge in [-0.2, -0.15) is 0 Å². The van der Waals surface area contributed by atoms with Crippen LogP contribution >= 0.6 is 47.6 Å². The van der Waals surface area contributed by atoms with Gasteiger partial charge >= 0.3 is 0 Å². The first kappa shape index (κ1) is 20.4. The molecule has 0 atom stereocenters. The zero-order valence-electron chi connectivity index (χ0n) is 14.5. The van der Waals surface area contributed by atoms with Gasteiger partial charge in [0, 0.05) is 0 Å². The highest BCUT2D eigenvalue weighted by molar-refractivity contribution is 7.81. The summed E-state index contributed by atoms with van der Waals surface area (Å²) in [6.45, 7) is 0. The minimum Gasteiger partial charge on any atom is -0.331 e. The Morgan fingerprint density at radius 3 is 1.14 bits per heavy atom. The number of anilines is 4. The Kier molecular flexibility index (Phi) is 7.06. The highest BCUT2D eigenvalue weighted by Gasteiger charge is 2.08. The first-order valence-corrected chi connectivity index (χ1v) is 9.84. The number of halogens is 2. The summed E-state index contributed by atoms with van der Waals surface area (Å²) in [6.07, 6.45) is 0. The average Bonchev–Trinajstić information content (AvgIpc) is 2.67.